The summed E-state index contributed by atoms with van der Waals surface area (Å²) < 4.78 is 0. The van der Waals surface area contributed by atoms with Crippen LogP contribution in [0.5, 0.6) is 0 Å². The minimum absolute atomic E-state index is 0.156. The molecule has 0 aliphatic carbocycles. The number of hydrogen-bond donors (Lipinski definition) is 1. The number of carbonyl (C=O) groups is 3. The van der Waals surface area contributed by atoms with E-state index in [4.69, 9.17) is 5.11 Å². The van der Waals surface area contributed by atoms with E-state index in [9.17, 15) is 14.4 Å². The first kappa shape index (κ1) is 13.6. The van der Waals surface area contributed by atoms with E-state index in [1.807, 2.05) is 0 Å². The smallest absolute Gasteiger partial charge is 0.373 e. The fourth-order valence-electron chi connectivity index (χ4n) is 1.09. The van der Waals surface area contributed by atoms with Crippen LogP contribution >= 0.6 is 0 Å². The highest BCUT2D eigenvalue weighted by molar-refractivity contribution is 6.02. The Morgan fingerprint density at radius 1 is 1.22 bits per heavy atom. The van der Waals surface area contributed by atoms with Crippen LogP contribution < -0.4 is 0 Å². The number of ketones is 1. The number of carboxylic acids is 1. The zero-order valence-corrected chi connectivity index (χ0v) is 9.29. The van der Waals surface area contributed by atoms with Gasteiger partial charge in [-0.3, -0.25) is 9.68 Å². The highest BCUT2D eigenvalue weighted by atomic mass is 17.2. The van der Waals surface area contributed by atoms with Gasteiger partial charge in [-0.15, -0.1) is 0 Å². The van der Waals surface area contributed by atoms with Crippen LogP contribution in [0.15, 0.2) is 36.9 Å². The Morgan fingerprint density at radius 3 is 2.39 bits per heavy atom. The summed E-state index contributed by atoms with van der Waals surface area (Å²) in [6, 6.07) is 5.50. The molecule has 0 aliphatic heterocycles. The highest BCUT2D eigenvalue weighted by Gasteiger charge is 2.18. The second-order valence-electron chi connectivity index (χ2n) is 3.15. The van der Waals surface area contributed by atoms with Crippen molar-refractivity contribution < 1.29 is 29.3 Å². The van der Waals surface area contributed by atoms with E-state index in [1.165, 1.54) is 24.3 Å². The molecule has 0 spiro atoms. The molecule has 0 amide bonds. The van der Waals surface area contributed by atoms with E-state index in [0.717, 1.165) is 6.08 Å². The number of carbonyl (C=O) groups excluding carboxylic acids is 2. The first-order valence-corrected chi connectivity index (χ1v) is 4.87. The molecule has 6 heteroatoms. The van der Waals surface area contributed by atoms with Crippen molar-refractivity contribution in [2.75, 3.05) is 6.61 Å². The molecule has 0 saturated heterocycles. The van der Waals surface area contributed by atoms with Crippen molar-refractivity contribution in [1.29, 1.82) is 0 Å². The monoisotopic (exact) mass is 250 g/mol. The van der Waals surface area contributed by atoms with E-state index in [0.29, 0.717) is 0 Å². The van der Waals surface area contributed by atoms with Crippen molar-refractivity contribution in [2.45, 2.75) is 0 Å². The van der Waals surface area contributed by atoms with Gasteiger partial charge in [-0.25, -0.2) is 9.59 Å². The van der Waals surface area contributed by atoms with Gasteiger partial charge in [0.25, 0.3) is 0 Å². The first-order chi connectivity index (χ1) is 8.56. The molecule has 0 saturated carbocycles. The molecule has 1 N–H and O–H groups in total. The van der Waals surface area contributed by atoms with E-state index < -0.39 is 24.3 Å². The zero-order valence-electron chi connectivity index (χ0n) is 9.29. The molecule has 0 heterocycles. The summed E-state index contributed by atoms with van der Waals surface area (Å²) in [4.78, 5) is 41.8. The Bertz CT molecular complexity index is 491. The van der Waals surface area contributed by atoms with Crippen molar-refractivity contribution >= 4 is 17.7 Å². The SMILES string of the molecule is C=CC(=O)COOC(=O)c1ccccc1C(=O)O. The quantitative estimate of drug-likeness (QED) is 0.464. The minimum Gasteiger partial charge on any atom is -0.478 e. The van der Waals surface area contributed by atoms with Crippen LogP contribution in [0, 0.1) is 0 Å². The summed E-state index contributed by atoms with van der Waals surface area (Å²) in [7, 11) is 0. The molecule has 0 aromatic heterocycles. The van der Waals surface area contributed by atoms with E-state index in [-0.39, 0.29) is 11.1 Å². The van der Waals surface area contributed by atoms with Gasteiger partial charge in [0.15, 0.2) is 12.4 Å². The van der Waals surface area contributed by atoms with Crippen LogP contribution in [-0.4, -0.2) is 29.4 Å². The van der Waals surface area contributed by atoms with Crippen LogP contribution in [0.2, 0.25) is 0 Å². The Labute approximate surface area is 102 Å². The lowest BCUT2D eigenvalue weighted by atomic mass is 10.1. The number of carboxylic acid groups (broad SMARTS) is 1. The third-order valence-electron chi connectivity index (χ3n) is 1.94. The van der Waals surface area contributed by atoms with Gasteiger partial charge in [-0.1, -0.05) is 18.7 Å². The molecule has 0 bridgehead atoms. The van der Waals surface area contributed by atoms with Crippen LogP contribution in [0.25, 0.3) is 0 Å². The van der Waals surface area contributed by atoms with Crippen LogP contribution in [-0.2, 0) is 14.6 Å². The molecule has 0 unspecified atom stereocenters. The molecule has 1 aromatic carbocycles. The third kappa shape index (κ3) is 3.53. The van der Waals surface area contributed by atoms with Gasteiger partial charge < -0.3 is 5.11 Å². The van der Waals surface area contributed by atoms with Crippen molar-refractivity contribution in [1.82, 2.24) is 0 Å². The van der Waals surface area contributed by atoms with E-state index in [1.54, 1.807) is 0 Å². The molecule has 1 rings (SSSR count). The molecule has 0 fully saturated rings. The fourth-order valence-corrected chi connectivity index (χ4v) is 1.09. The summed E-state index contributed by atoms with van der Waals surface area (Å²) in [5.74, 6) is -2.70. The summed E-state index contributed by atoms with van der Waals surface area (Å²) >= 11 is 0. The van der Waals surface area contributed by atoms with Gasteiger partial charge in [0, 0.05) is 0 Å². The van der Waals surface area contributed by atoms with Crippen LogP contribution in [0.4, 0.5) is 0 Å². The lowest BCUT2D eigenvalue weighted by molar-refractivity contribution is -0.235. The molecule has 1 aromatic rings. The van der Waals surface area contributed by atoms with Gasteiger partial charge in [0.05, 0.1) is 11.1 Å². The summed E-state index contributed by atoms with van der Waals surface area (Å²) in [5.41, 5.74) is -0.364. The van der Waals surface area contributed by atoms with Crippen molar-refractivity contribution in [3.05, 3.63) is 48.0 Å². The molecule has 0 radical (unpaired) electrons. The van der Waals surface area contributed by atoms with Gasteiger partial charge in [-0.2, -0.15) is 4.89 Å². The zero-order chi connectivity index (χ0) is 13.5. The fraction of sp³-hybridized carbons (Fsp3) is 0.0833. The van der Waals surface area contributed by atoms with E-state index in [2.05, 4.69) is 16.4 Å². The van der Waals surface area contributed by atoms with Crippen molar-refractivity contribution in [3.8, 4) is 0 Å². The number of rotatable bonds is 6. The maximum Gasteiger partial charge on any atom is 0.373 e. The Balaban J connectivity index is 2.70. The normalized spacial score (nSPS) is 9.56. The highest BCUT2D eigenvalue weighted by Crippen LogP contribution is 2.10. The molecule has 6 nitrogen and oxygen atoms in total. The molecule has 0 aliphatic rings. The van der Waals surface area contributed by atoms with Gasteiger partial charge in [-0.05, 0) is 18.2 Å². The predicted octanol–water partition coefficient (Wildman–Crippen LogP) is 1.23. The largest absolute Gasteiger partial charge is 0.478 e. The molecule has 0 atom stereocenters. The number of benzene rings is 1. The Hall–Kier alpha value is -2.47. The van der Waals surface area contributed by atoms with Gasteiger partial charge in [0.2, 0.25) is 0 Å². The summed E-state index contributed by atoms with van der Waals surface area (Å²) in [5, 5.41) is 8.85. The Kier molecular flexibility index (Phi) is 4.77. The van der Waals surface area contributed by atoms with Crippen molar-refractivity contribution in [2.24, 2.45) is 0 Å². The predicted molar refractivity (Wildman–Crippen MR) is 60.0 cm³/mol. The standard InChI is InChI=1S/C12H10O6/c1-2-8(13)7-17-18-12(16)10-6-4-3-5-9(10)11(14)15/h2-6H,1,7H2,(H,14,15). The Morgan fingerprint density at radius 2 is 1.83 bits per heavy atom. The average Bonchev–Trinajstić information content (AvgIpc) is 2.38. The van der Waals surface area contributed by atoms with E-state index >= 15 is 0 Å². The minimum atomic E-state index is -1.26. The van der Waals surface area contributed by atoms with Gasteiger partial charge in [0.1, 0.15) is 0 Å². The summed E-state index contributed by atoms with van der Waals surface area (Å²) in [6.07, 6.45) is 1.01. The summed E-state index contributed by atoms with van der Waals surface area (Å²) in [6.45, 7) is 2.74. The first-order valence-electron chi connectivity index (χ1n) is 4.87. The third-order valence-corrected chi connectivity index (χ3v) is 1.94. The second-order valence-corrected chi connectivity index (χ2v) is 3.15. The topological polar surface area (TPSA) is 89.9 Å². The molecule has 18 heavy (non-hydrogen) atoms. The van der Waals surface area contributed by atoms with Crippen LogP contribution in [0.1, 0.15) is 20.7 Å². The van der Waals surface area contributed by atoms with Gasteiger partial charge >= 0.3 is 11.9 Å². The maximum atomic E-state index is 11.5. The lowest BCUT2D eigenvalue weighted by Gasteiger charge is -2.04. The molecular formula is C12H10O6. The van der Waals surface area contributed by atoms with Crippen molar-refractivity contribution in [3.63, 3.8) is 0 Å². The van der Waals surface area contributed by atoms with Crippen LogP contribution in [0.3, 0.4) is 0 Å². The maximum absolute atomic E-state index is 11.5. The average molecular weight is 250 g/mol. The molecular weight excluding hydrogens is 240 g/mol. The second kappa shape index (κ2) is 6.31. The molecule has 94 valence electrons. The number of aromatic carboxylic acids is 1. The lowest BCUT2D eigenvalue weighted by Crippen LogP contribution is -2.14. The number of hydrogen-bond acceptors (Lipinski definition) is 5.